The third-order valence-corrected chi connectivity index (χ3v) is 6.59. The molecular formula is C23H19N3O3S. The molecule has 0 aliphatic carbocycles. The number of hydrogen-bond acceptors (Lipinski definition) is 4. The molecule has 150 valence electrons. The fourth-order valence-corrected chi connectivity index (χ4v) is 5.25. The van der Waals surface area contributed by atoms with Crippen molar-refractivity contribution in [3.8, 4) is 11.5 Å². The van der Waals surface area contributed by atoms with Gasteiger partial charge in [0, 0.05) is 29.6 Å². The highest BCUT2D eigenvalue weighted by Gasteiger charge is 2.50. The first-order chi connectivity index (χ1) is 14.7. The van der Waals surface area contributed by atoms with Crippen LogP contribution in [0.1, 0.15) is 22.9 Å². The molecule has 2 aromatic carbocycles. The van der Waals surface area contributed by atoms with Gasteiger partial charge in [0.25, 0.3) is 5.91 Å². The lowest BCUT2D eigenvalue weighted by Gasteiger charge is -2.37. The molecule has 1 N–H and O–H groups in total. The Kier molecular flexibility index (Phi) is 3.70. The van der Waals surface area contributed by atoms with Crippen LogP contribution in [0.25, 0.3) is 10.9 Å². The van der Waals surface area contributed by atoms with Gasteiger partial charge >= 0.3 is 0 Å². The number of H-pyrrole nitrogens is 1. The number of benzene rings is 2. The average Bonchev–Trinajstić information content (AvgIpc) is 3.44. The fraction of sp³-hybridized carbons (Fsp3) is 0.217. The first-order valence-corrected chi connectivity index (χ1v) is 10.3. The van der Waals surface area contributed by atoms with Crippen LogP contribution in [0.5, 0.6) is 11.5 Å². The minimum absolute atomic E-state index is 0.0292. The summed E-state index contributed by atoms with van der Waals surface area (Å²) < 4.78 is 11.1. The number of nitrogens with zero attached hydrogens (tertiary/aromatic N) is 2. The van der Waals surface area contributed by atoms with Crippen LogP contribution in [0, 0.1) is 0 Å². The van der Waals surface area contributed by atoms with Crippen LogP contribution in [0.3, 0.4) is 0 Å². The van der Waals surface area contributed by atoms with Crippen molar-refractivity contribution in [1.82, 2.24) is 14.8 Å². The third-order valence-electron chi connectivity index (χ3n) is 6.16. The molecule has 1 fully saturated rings. The van der Waals surface area contributed by atoms with Gasteiger partial charge in [0.05, 0.1) is 6.04 Å². The summed E-state index contributed by atoms with van der Waals surface area (Å²) in [5.41, 5.74) is 4.32. The predicted molar refractivity (Wildman–Crippen MR) is 117 cm³/mol. The number of aromatic amines is 1. The smallest absolute Gasteiger partial charge is 0.252 e. The molecule has 3 aliphatic heterocycles. The Hall–Kier alpha value is -3.32. The number of para-hydroxylation sites is 1. The van der Waals surface area contributed by atoms with Gasteiger partial charge in [-0.3, -0.25) is 9.69 Å². The number of nitrogens with one attached hydrogen (secondary N) is 1. The number of amides is 1. The number of rotatable bonds is 3. The van der Waals surface area contributed by atoms with Gasteiger partial charge in [-0.15, -0.1) is 6.58 Å². The highest BCUT2D eigenvalue weighted by molar-refractivity contribution is 7.80. The summed E-state index contributed by atoms with van der Waals surface area (Å²) in [5.74, 6) is 1.48. The van der Waals surface area contributed by atoms with Gasteiger partial charge in [-0.1, -0.05) is 30.3 Å². The number of aromatic nitrogens is 1. The van der Waals surface area contributed by atoms with E-state index in [0.29, 0.717) is 23.8 Å². The van der Waals surface area contributed by atoms with E-state index in [1.54, 1.807) is 11.0 Å². The minimum atomic E-state index is -0.334. The molecule has 0 radical (unpaired) electrons. The van der Waals surface area contributed by atoms with Crippen molar-refractivity contribution in [2.45, 2.75) is 18.5 Å². The van der Waals surface area contributed by atoms with E-state index in [0.717, 1.165) is 27.9 Å². The highest BCUT2D eigenvalue weighted by atomic mass is 32.1. The van der Waals surface area contributed by atoms with Gasteiger partial charge in [-0.25, -0.2) is 0 Å². The lowest BCUT2D eigenvalue weighted by molar-refractivity contribution is -0.128. The standard InChI is InChI=1S/C23H19N3O3S/c1-2-9-25-22(27)17-11-15-14-5-3-4-6-16(14)24-20(15)21(26(17)23(25)30)13-7-8-18-19(10-13)29-12-28-18/h2-8,10,17,21,24H,1,9,11-12H2/t17-,21+/m1/s1. The quantitative estimate of drug-likeness (QED) is 0.522. The van der Waals surface area contributed by atoms with Crippen LogP contribution in [0.2, 0.25) is 0 Å². The van der Waals surface area contributed by atoms with Crippen LogP contribution in [-0.4, -0.2) is 45.2 Å². The molecule has 6 nitrogen and oxygen atoms in total. The molecule has 0 spiro atoms. The van der Waals surface area contributed by atoms with Crippen molar-refractivity contribution < 1.29 is 14.3 Å². The molecule has 1 amide bonds. The Morgan fingerprint density at radius 2 is 2.03 bits per heavy atom. The summed E-state index contributed by atoms with van der Waals surface area (Å²) in [6.45, 7) is 4.42. The molecule has 1 aromatic heterocycles. The second kappa shape index (κ2) is 6.34. The molecule has 6 rings (SSSR count). The highest BCUT2D eigenvalue weighted by Crippen LogP contribution is 2.46. The molecule has 0 bridgehead atoms. The van der Waals surface area contributed by atoms with E-state index in [1.807, 2.05) is 30.3 Å². The van der Waals surface area contributed by atoms with Gasteiger partial charge in [0.1, 0.15) is 6.04 Å². The van der Waals surface area contributed by atoms with Gasteiger partial charge in [-0.2, -0.15) is 0 Å². The minimum Gasteiger partial charge on any atom is -0.454 e. The van der Waals surface area contributed by atoms with Crippen LogP contribution < -0.4 is 9.47 Å². The summed E-state index contributed by atoms with van der Waals surface area (Å²) >= 11 is 5.78. The third kappa shape index (κ3) is 2.29. The van der Waals surface area contributed by atoms with Gasteiger partial charge < -0.3 is 19.4 Å². The van der Waals surface area contributed by atoms with Gasteiger partial charge in [-0.05, 0) is 41.5 Å². The van der Waals surface area contributed by atoms with Crippen molar-refractivity contribution in [3.63, 3.8) is 0 Å². The molecule has 7 heteroatoms. The largest absolute Gasteiger partial charge is 0.454 e. The topological polar surface area (TPSA) is 57.8 Å². The molecular weight excluding hydrogens is 398 g/mol. The predicted octanol–water partition coefficient (Wildman–Crippen LogP) is 3.53. The SMILES string of the molecule is C=CCN1C(=O)[C@H]2Cc3c([nH]c4ccccc34)[C@H](c3ccc4c(c3)OCO4)N2C1=S. The number of carbonyl (C=O) groups excluding carboxylic acids is 1. The summed E-state index contributed by atoms with van der Waals surface area (Å²) in [4.78, 5) is 20.6. The molecule has 30 heavy (non-hydrogen) atoms. The average molecular weight is 417 g/mol. The van der Waals surface area contributed by atoms with E-state index >= 15 is 0 Å². The van der Waals surface area contributed by atoms with E-state index in [2.05, 4.69) is 28.6 Å². The van der Waals surface area contributed by atoms with Crippen LogP contribution in [0.4, 0.5) is 0 Å². The number of hydrogen-bond donors (Lipinski definition) is 1. The Labute approximate surface area is 178 Å². The molecule has 3 aliphatic rings. The second-order valence-electron chi connectivity index (χ2n) is 7.73. The number of ether oxygens (including phenoxy) is 2. The van der Waals surface area contributed by atoms with E-state index in [-0.39, 0.29) is 24.8 Å². The summed E-state index contributed by atoms with van der Waals surface area (Å²) in [6, 6.07) is 13.6. The molecule has 1 saturated heterocycles. The Bertz CT molecular complexity index is 1230. The summed E-state index contributed by atoms with van der Waals surface area (Å²) in [5, 5.41) is 1.69. The summed E-state index contributed by atoms with van der Waals surface area (Å²) in [6.07, 6.45) is 2.33. The van der Waals surface area contributed by atoms with Crippen molar-refractivity contribution in [1.29, 1.82) is 0 Å². The normalized spacial score (nSPS) is 21.9. The maximum atomic E-state index is 13.3. The first kappa shape index (κ1) is 17.5. The van der Waals surface area contributed by atoms with Crippen LogP contribution in [-0.2, 0) is 11.2 Å². The second-order valence-corrected chi connectivity index (χ2v) is 8.09. The lowest BCUT2D eigenvalue weighted by atomic mass is 9.89. The monoisotopic (exact) mass is 417 g/mol. The Morgan fingerprint density at radius 3 is 2.90 bits per heavy atom. The fourth-order valence-electron chi connectivity index (χ4n) is 4.86. The van der Waals surface area contributed by atoms with Gasteiger partial charge in [0.2, 0.25) is 6.79 Å². The molecule has 0 saturated carbocycles. The van der Waals surface area contributed by atoms with Crippen molar-refractivity contribution in [2.75, 3.05) is 13.3 Å². The molecule has 4 heterocycles. The van der Waals surface area contributed by atoms with Crippen LogP contribution >= 0.6 is 12.2 Å². The Balaban J connectivity index is 1.57. The van der Waals surface area contributed by atoms with E-state index < -0.39 is 0 Å². The van der Waals surface area contributed by atoms with E-state index in [9.17, 15) is 4.79 Å². The van der Waals surface area contributed by atoms with Crippen molar-refractivity contribution in [2.24, 2.45) is 0 Å². The number of carbonyl (C=O) groups is 1. The van der Waals surface area contributed by atoms with E-state index in [4.69, 9.17) is 21.7 Å². The maximum Gasteiger partial charge on any atom is 0.252 e. The van der Waals surface area contributed by atoms with Crippen molar-refractivity contribution in [3.05, 3.63) is 71.9 Å². The van der Waals surface area contributed by atoms with E-state index in [1.165, 1.54) is 5.56 Å². The molecule has 3 aromatic rings. The van der Waals surface area contributed by atoms with Gasteiger partial charge in [0.15, 0.2) is 16.6 Å². The zero-order valence-electron chi connectivity index (χ0n) is 16.1. The summed E-state index contributed by atoms with van der Waals surface area (Å²) in [7, 11) is 0. The first-order valence-electron chi connectivity index (χ1n) is 9.91. The Morgan fingerprint density at radius 1 is 1.20 bits per heavy atom. The maximum absolute atomic E-state index is 13.3. The lowest BCUT2D eigenvalue weighted by Crippen LogP contribution is -2.44. The van der Waals surface area contributed by atoms with Crippen molar-refractivity contribution >= 4 is 34.1 Å². The van der Waals surface area contributed by atoms with Crippen LogP contribution in [0.15, 0.2) is 55.1 Å². The zero-order chi connectivity index (χ0) is 20.4. The number of thiocarbonyl (C=S) groups is 1. The molecule has 0 unspecified atom stereocenters. The molecule has 2 atom stereocenters. The number of fused-ring (bicyclic) bond motifs is 5. The zero-order valence-corrected chi connectivity index (χ0v) is 16.9.